The lowest BCUT2D eigenvalue weighted by molar-refractivity contribution is -0.136. The van der Waals surface area contributed by atoms with Crippen molar-refractivity contribution in [3.63, 3.8) is 0 Å². The zero-order valence-corrected chi connectivity index (χ0v) is 29.6. The smallest absolute Gasteiger partial charge is 0.313 e. The summed E-state index contributed by atoms with van der Waals surface area (Å²) in [6, 6.07) is 9.58. The minimum Gasteiger partial charge on any atom is -0.491 e. The molecule has 0 aliphatic carbocycles. The van der Waals surface area contributed by atoms with Crippen LogP contribution < -0.4 is 9.47 Å². The van der Waals surface area contributed by atoms with E-state index in [1.54, 1.807) is 0 Å². The molecule has 0 bridgehead atoms. The monoisotopic (exact) mass is 772 g/mol. The standard InChI is InChI=1S/C35H49F5O13/c36-30-31(37)33(39)35(34(40)32(30)38)53-29(41)6-7-42-8-9-43-10-11-44-12-13-45-14-15-46-16-17-47-18-19-48-20-21-49-22-23-50-24-25-51-26-27-52-28-4-2-1-3-5-28/h1-5H,6-27H2. The molecule has 0 saturated heterocycles. The molecule has 2 aromatic carbocycles. The van der Waals surface area contributed by atoms with Crippen molar-refractivity contribution in [3.05, 3.63) is 59.4 Å². The molecule has 18 heteroatoms. The number of ether oxygens (including phenoxy) is 12. The van der Waals surface area contributed by atoms with E-state index >= 15 is 0 Å². The van der Waals surface area contributed by atoms with Crippen molar-refractivity contribution in [2.45, 2.75) is 6.42 Å². The fourth-order valence-electron chi connectivity index (χ4n) is 3.81. The van der Waals surface area contributed by atoms with Crippen molar-refractivity contribution < 1.29 is 83.6 Å². The van der Waals surface area contributed by atoms with Gasteiger partial charge in [0.1, 0.15) is 12.4 Å². The normalized spacial score (nSPS) is 11.3. The van der Waals surface area contributed by atoms with E-state index in [9.17, 15) is 26.7 Å². The van der Waals surface area contributed by atoms with Gasteiger partial charge in [-0.3, -0.25) is 4.79 Å². The Kier molecular flexibility index (Phi) is 27.3. The second-order valence-electron chi connectivity index (χ2n) is 10.4. The Morgan fingerprint density at radius 3 is 1.00 bits per heavy atom. The highest BCUT2D eigenvalue weighted by Crippen LogP contribution is 2.29. The van der Waals surface area contributed by atoms with Gasteiger partial charge in [0.15, 0.2) is 0 Å². The van der Waals surface area contributed by atoms with Crippen LogP contribution in [-0.2, 0) is 52.2 Å². The van der Waals surface area contributed by atoms with Crippen molar-refractivity contribution in [2.24, 2.45) is 0 Å². The maximum Gasteiger partial charge on any atom is 0.313 e. The van der Waals surface area contributed by atoms with Crippen molar-refractivity contribution in [2.75, 3.05) is 139 Å². The van der Waals surface area contributed by atoms with Crippen LogP contribution in [-0.4, -0.2) is 145 Å². The molecule has 0 aliphatic rings. The van der Waals surface area contributed by atoms with Crippen molar-refractivity contribution in [1.29, 1.82) is 0 Å². The Hall–Kier alpha value is -3.04. The number of carbonyl (C=O) groups is 1. The molecule has 0 aliphatic heterocycles. The van der Waals surface area contributed by atoms with Gasteiger partial charge in [-0.25, -0.2) is 13.2 Å². The highest BCUT2D eigenvalue weighted by atomic mass is 19.2. The maximum absolute atomic E-state index is 13.5. The molecule has 0 aromatic heterocycles. The van der Waals surface area contributed by atoms with Crippen LogP contribution in [0.15, 0.2) is 30.3 Å². The fraction of sp³-hybridized carbons (Fsp3) is 0.629. The molecule has 2 aromatic rings. The minimum absolute atomic E-state index is 0.0795. The van der Waals surface area contributed by atoms with Crippen LogP contribution in [0.4, 0.5) is 22.0 Å². The third-order valence-corrected chi connectivity index (χ3v) is 6.42. The molecule has 302 valence electrons. The molecule has 0 saturated carbocycles. The average Bonchev–Trinajstić information content (AvgIpc) is 3.17. The number of para-hydroxylation sites is 1. The third kappa shape index (κ3) is 22.7. The van der Waals surface area contributed by atoms with Gasteiger partial charge in [-0.15, -0.1) is 0 Å². The largest absolute Gasteiger partial charge is 0.491 e. The predicted molar refractivity (Wildman–Crippen MR) is 177 cm³/mol. The van der Waals surface area contributed by atoms with Crippen LogP contribution in [0, 0.1) is 29.1 Å². The Labute approximate surface area is 305 Å². The van der Waals surface area contributed by atoms with Crippen LogP contribution in [0.5, 0.6) is 11.5 Å². The number of carbonyl (C=O) groups excluding carboxylic acids is 1. The lowest BCUT2D eigenvalue weighted by atomic mass is 10.2. The van der Waals surface area contributed by atoms with Gasteiger partial charge in [0.2, 0.25) is 34.8 Å². The molecule has 0 atom stereocenters. The SMILES string of the molecule is O=C(CCOCCOCCOCCOCCOCCOCCOCCOCCOCCOCCOc1ccccc1)Oc1c(F)c(F)c(F)c(F)c1F. The molecule has 53 heavy (non-hydrogen) atoms. The summed E-state index contributed by atoms with van der Waals surface area (Å²) in [4.78, 5) is 11.7. The second-order valence-corrected chi connectivity index (χ2v) is 10.4. The summed E-state index contributed by atoms with van der Waals surface area (Å²) < 4.78 is 130. The molecule has 2 rings (SSSR count). The zero-order valence-electron chi connectivity index (χ0n) is 29.6. The minimum atomic E-state index is -2.35. The number of hydrogen-bond acceptors (Lipinski definition) is 13. The molecule has 0 radical (unpaired) electrons. The van der Waals surface area contributed by atoms with Crippen LogP contribution in [0.3, 0.4) is 0 Å². The Balaban J connectivity index is 1.20. The average molecular weight is 773 g/mol. The summed E-state index contributed by atoms with van der Waals surface area (Å²) in [5.41, 5.74) is 0. The lowest BCUT2D eigenvalue weighted by Gasteiger charge is -2.09. The van der Waals surface area contributed by atoms with Gasteiger partial charge in [0.25, 0.3) is 0 Å². The number of rotatable bonds is 35. The van der Waals surface area contributed by atoms with Gasteiger partial charge in [-0.05, 0) is 12.1 Å². The van der Waals surface area contributed by atoms with Crippen LogP contribution in [0.2, 0.25) is 0 Å². The molecule has 0 unspecified atom stereocenters. The Bertz CT molecular complexity index is 1190. The van der Waals surface area contributed by atoms with Crippen molar-refractivity contribution in [3.8, 4) is 11.5 Å². The van der Waals surface area contributed by atoms with E-state index in [1.165, 1.54) is 0 Å². The summed E-state index contributed by atoms with van der Waals surface area (Å²) in [5, 5.41) is 0. The van der Waals surface area contributed by atoms with E-state index in [1.807, 2.05) is 30.3 Å². The van der Waals surface area contributed by atoms with Gasteiger partial charge in [0, 0.05) is 0 Å². The summed E-state index contributed by atoms with van der Waals surface area (Å²) in [6.45, 7) is 7.78. The number of benzene rings is 2. The van der Waals surface area contributed by atoms with E-state index in [0.717, 1.165) is 5.75 Å². The van der Waals surface area contributed by atoms with E-state index in [-0.39, 0.29) is 26.4 Å². The topological polar surface area (TPSA) is 128 Å². The second kappa shape index (κ2) is 31.3. The zero-order chi connectivity index (χ0) is 38.2. The van der Waals surface area contributed by atoms with Gasteiger partial charge in [0.05, 0.1) is 139 Å². The van der Waals surface area contributed by atoms with Gasteiger partial charge in [-0.2, -0.15) is 8.78 Å². The molecule has 0 spiro atoms. The fourth-order valence-corrected chi connectivity index (χ4v) is 3.81. The first-order valence-electron chi connectivity index (χ1n) is 17.1. The van der Waals surface area contributed by atoms with Crippen molar-refractivity contribution in [1.82, 2.24) is 0 Å². The summed E-state index contributed by atoms with van der Waals surface area (Å²) >= 11 is 0. The number of esters is 1. The first-order valence-corrected chi connectivity index (χ1v) is 17.1. The van der Waals surface area contributed by atoms with Crippen LogP contribution >= 0.6 is 0 Å². The Morgan fingerprint density at radius 2 is 0.660 bits per heavy atom. The first-order chi connectivity index (χ1) is 25.9. The summed E-state index contributed by atoms with van der Waals surface area (Å²) in [6.07, 6.45) is -0.488. The van der Waals surface area contributed by atoms with E-state index in [2.05, 4.69) is 4.74 Å². The molecule has 0 amide bonds. The van der Waals surface area contributed by atoms with E-state index in [4.69, 9.17) is 52.1 Å². The van der Waals surface area contributed by atoms with Crippen molar-refractivity contribution >= 4 is 5.97 Å². The lowest BCUT2D eigenvalue weighted by Crippen LogP contribution is -2.16. The van der Waals surface area contributed by atoms with Crippen LogP contribution in [0.25, 0.3) is 0 Å². The maximum atomic E-state index is 13.5. The number of halogens is 5. The third-order valence-electron chi connectivity index (χ3n) is 6.42. The summed E-state index contributed by atoms with van der Waals surface area (Å²) in [7, 11) is 0. The summed E-state index contributed by atoms with van der Waals surface area (Å²) in [5.74, 6) is -13.3. The molecule has 0 heterocycles. The predicted octanol–water partition coefficient (Wildman–Crippen LogP) is 3.92. The number of hydrogen-bond donors (Lipinski definition) is 0. The van der Waals surface area contributed by atoms with Gasteiger partial charge < -0.3 is 56.8 Å². The van der Waals surface area contributed by atoms with E-state index in [0.29, 0.717) is 112 Å². The van der Waals surface area contributed by atoms with E-state index < -0.39 is 47.2 Å². The first kappa shape index (κ1) is 46.1. The molecular formula is C35H49F5O13. The molecule has 13 nitrogen and oxygen atoms in total. The molecule has 0 fully saturated rings. The highest BCUT2D eigenvalue weighted by molar-refractivity contribution is 5.72. The molecular weight excluding hydrogens is 723 g/mol. The van der Waals surface area contributed by atoms with Gasteiger partial charge in [-0.1, -0.05) is 18.2 Å². The Morgan fingerprint density at radius 1 is 0.377 bits per heavy atom. The van der Waals surface area contributed by atoms with Crippen LogP contribution in [0.1, 0.15) is 6.42 Å². The van der Waals surface area contributed by atoms with Gasteiger partial charge >= 0.3 is 5.97 Å². The highest BCUT2D eigenvalue weighted by Gasteiger charge is 2.28. The quantitative estimate of drug-likeness (QED) is 0.0251. The molecule has 0 N–H and O–H groups in total.